The number of nitro benzene ring substituents is 1. The molecule has 0 saturated heterocycles. The zero-order chi connectivity index (χ0) is 13.0. The Bertz CT molecular complexity index is 445. The summed E-state index contributed by atoms with van der Waals surface area (Å²) in [7, 11) is 1.25. The van der Waals surface area contributed by atoms with E-state index in [1.165, 1.54) is 13.2 Å². The van der Waals surface area contributed by atoms with Crippen molar-refractivity contribution in [3.63, 3.8) is 0 Å². The van der Waals surface area contributed by atoms with Crippen molar-refractivity contribution < 1.29 is 14.5 Å². The van der Waals surface area contributed by atoms with Gasteiger partial charge in [0.05, 0.1) is 12.0 Å². The van der Waals surface area contributed by atoms with Crippen LogP contribution in [0.4, 0.5) is 5.69 Å². The Morgan fingerprint density at radius 2 is 2.24 bits per heavy atom. The molecule has 6 nitrogen and oxygen atoms in total. The molecule has 0 heterocycles. The first-order valence-corrected chi connectivity index (χ1v) is 5.03. The minimum Gasteiger partial charge on any atom is -0.468 e. The third-order valence-electron chi connectivity index (χ3n) is 2.56. The van der Waals surface area contributed by atoms with E-state index in [9.17, 15) is 14.9 Å². The second-order valence-electron chi connectivity index (χ2n) is 3.65. The molecular formula is C11H14N2O4. The number of methoxy groups -OCH3 is 1. The van der Waals surface area contributed by atoms with Gasteiger partial charge in [0.2, 0.25) is 0 Å². The van der Waals surface area contributed by atoms with Crippen LogP contribution in [0.1, 0.15) is 11.1 Å². The van der Waals surface area contributed by atoms with Crippen molar-refractivity contribution in [1.29, 1.82) is 0 Å². The van der Waals surface area contributed by atoms with Crippen molar-refractivity contribution in [1.82, 2.24) is 0 Å². The third kappa shape index (κ3) is 3.01. The number of carbonyl (C=O) groups excluding carboxylic acids is 1. The van der Waals surface area contributed by atoms with Gasteiger partial charge in [-0.2, -0.15) is 0 Å². The molecule has 0 aliphatic heterocycles. The highest BCUT2D eigenvalue weighted by Crippen LogP contribution is 2.21. The molecule has 0 fully saturated rings. The van der Waals surface area contributed by atoms with Crippen molar-refractivity contribution in [2.75, 3.05) is 7.11 Å². The van der Waals surface area contributed by atoms with Gasteiger partial charge < -0.3 is 10.5 Å². The van der Waals surface area contributed by atoms with E-state index in [2.05, 4.69) is 4.74 Å². The minimum atomic E-state index is -0.805. The van der Waals surface area contributed by atoms with Gasteiger partial charge in [0.1, 0.15) is 6.04 Å². The van der Waals surface area contributed by atoms with Gasteiger partial charge in [-0.05, 0) is 18.9 Å². The second-order valence-corrected chi connectivity index (χ2v) is 3.65. The first kappa shape index (κ1) is 13.1. The number of nitrogens with two attached hydrogens (primary N) is 1. The molecule has 1 atom stereocenters. The third-order valence-corrected chi connectivity index (χ3v) is 2.56. The van der Waals surface area contributed by atoms with Crippen LogP contribution in [0.2, 0.25) is 0 Å². The number of nitro groups is 1. The highest BCUT2D eigenvalue weighted by Gasteiger charge is 2.19. The Hall–Kier alpha value is -1.95. The summed E-state index contributed by atoms with van der Waals surface area (Å²) < 4.78 is 4.50. The number of hydrogen-bond donors (Lipinski definition) is 1. The van der Waals surface area contributed by atoms with E-state index in [0.29, 0.717) is 11.1 Å². The summed E-state index contributed by atoms with van der Waals surface area (Å²) in [4.78, 5) is 21.4. The average Bonchev–Trinajstić information content (AvgIpc) is 2.30. The summed E-state index contributed by atoms with van der Waals surface area (Å²) in [6.07, 6.45) is 0.222. The Balaban J connectivity index is 2.96. The van der Waals surface area contributed by atoms with E-state index in [0.717, 1.165) is 0 Å². The summed E-state index contributed by atoms with van der Waals surface area (Å²) in [6, 6.07) is 3.90. The van der Waals surface area contributed by atoms with Gasteiger partial charge in [0, 0.05) is 11.6 Å². The lowest BCUT2D eigenvalue weighted by molar-refractivity contribution is -0.385. The lowest BCUT2D eigenvalue weighted by Gasteiger charge is -2.11. The molecule has 0 radical (unpaired) electrons. The highest BCUT2D eigenvalue weighted by atomic mass is 16.6. The van der Waals surface area contributed by atoms with E-state index >= 15 is 0 Å². The molecule has 92 valence electrons. The molecule has 1 rings (SSSR count). The normalized spacial score (nSPS) is 11.9. The topological polar surface area (TPSA) is 95.5 Å². The van der Waals surface area contributed by atoms with Crippen molar-refractivity contribution in [2.24, 2.45) is 5.73 Å². The van der Waals surface area contributed by atoms with E-state index < -0.39 is 16.9 Å². The van der Waals surface area contributed by atoms with Crippen LogP contribution in [-0.2, 0) is 16.0 Å². The molecule has 1 unspecified atom stereocenters. The molecule has 0 bridgehead atoms. The van der Waals surface area contributed by atoms with Crippen LogP contribution in [-0.4, -0.2) is 24.0 Å². The summed E-state index contributed by atoms with van der Waals surface area (Å²) >= 11 is 0. The van der Waals surface area contributed by atoms with Crippen LogP contribution >= 0.6 is 0 Å². The number of esters is 1. The predicted molar refractivity (Wildman–Crippen MR) is 61.5 cm³/mol. The number of carbonyl (C=O) groups is 1. The van der Waals surface area contributed by atoms with E-state index in [-0.39, 0.29) is 12.1 Å². The summed E-state index contributed by atoms with van der Waals surface area (Å²) in [5.41, 5.74) is 6.84. The van der Waals surface area contributed by atoms with Gasteiger partial charge in [0.25, 0.3) is 5.69 Å². The number of nitrogens with zero attached hydrogens (tertiary/aromatic N) is 1. The molecule has 1 aromatic rings. The van der Waals surface area contributed by atoms with Gasteiger partial charge >= 0.3 is 5.97 Å². The lowest BCUT2D eigenvalue weighted by Crippen LogP contribution is -2.33. The molecule has 6 heteroatoms. The Morgan fingerprint density at radius 3 is 2.76 bits per heavy atom. The molecule has 1 aromatic carbocycles. The van der Waals surface area contributed by atoms with Crippen molar-refractivity contribution in [2.45, 2.75) is 19.4 Å². The second kappa shape index (κ2) is 5.40. The van der Waals surface area contributed by atoms with Gasteiger partial charge in [0.15, 0.2) is 0 Å². The first-order chi connectivity index (χ1) is 7.97. The molecule has 0 aliphatic carbocycles. The lowest BCUT2D eigenvalue weighted by atomic mass is 10.0. The van der Waals surface area contributed by atoms with Crippen LogP contribution in [0, 0.1) is 17.0 Å². The smallest absolute Gasteiger partial charge is 0.322 e. The molecule has 17 heavy (non-hydrogen) atoms. The predicted octanol–water partition coefficient (Wildman–Crippen LogP) is 0.946. The van der Waals surface area contributed by atoms with E-state index in [1.807, 2.05) is 0 Å². The van der Waals surface area contributed by atoms with Gasteiger partial charge in [-0.3, -0.25) is 14.9 Å². The van der Waals surface area contributed by atoms with Crippen LogP contribution in [0.3, 0.4) is 0 Å². The van der Waals surface area contributed by atoms with E-state index in [1.54, 1.807) is 19.1 Å². The van der Waals surface area contributed by atoms with Crippen LogP contribution in [0.5, 0.6) is 0 Å². The Kier molecular flexibility index (Phi) is 4.17. The molecule has 0 spiro atoms. The summed E-state index contributed by atoms with van der Waals surface area (Å²) in [5, 5.41) is 10.7. The average molecular weight is 238 g/mol. The van der Waals surface area contributed by atoms with E-state index in [4.69, 9.17) is 5.73 Å². The van der Waals surface area contributed by atoms with Crippen LogP contribution in [0.25, 0.3) is 0 Å². The van der Waals surface area contributed by atoms with Crippen LogP contribution < -0.4 is 5.73 Å². The van der Waals surface area contributed by atoms with Gasteiger partial charge in [-0.15, -0.1) is 0 Å². The molecule has 0 aromatic heterocycles. The molecular weight excluding hydrogens is 224 g/mol. The standard InChI is InChI=1S/C11H14N2O4/c1-7-8(6-9(12)11(14)17-2)4-3-5-10(7)13(15)16/h3-5,9H,6,12H2,1-2H3. The first-order valence-electron chi connectivity index (χ1n) is 5.03. The maximum atomic E-state index is 11.2. The zero-order valence-electron chi connectivity index (χ0n) is 9.67. The van der Waals surface area contributed by atoms with Gasteiger partial charge in [-0.25, -0.2) is 0 Å². The number of rotatable bonds is 4. The maximum Gasteiger partial charge on any atom is 0.322 e. The Morgan fingerprint density at radius 1 is 1.59 bits per heavy atom. The van der Waals surface area contributed by atoms with Gasteiger partial charge in [-0.1, -0.05) is 12.1 Å². The van der Waals surface area contributed by atoms with Crippen LogP contribution in [0.15, 0.2) is 18.2 Å². The summed E-state index contributed by atoms with van der Waals surface area (Å²) in [5.74, 6) is -0.532. The van der Waals surface area contributed by atoms with Crippen molar-refractivity contribution in [3.05, 3.63) is 39.4 Å². The van der Waals surface area contributed by atoms with Crippen molar-refractivity contribution in [3.8, 4) is 0 Å². The maximum absolute atomic E-state index is 11.2. The fraction of sp³-hybridized carbons (Fsp3) is 0.364. The highest BCUT2D eigenvalue weighted by molar-refractivity contribution is 5.75. The SMILES string of the molecule is COC(=O)C(N)Cc1cccc([N+](=O)[O-])c1C. The largest absolute Gasteiger partial charge is 0.468 e. The number of hydrogen-bond acceptors (Lipinski definition) is 5. The molecule has 2 N–H and O–H groups in total. The number of ether oxygens (including phenoxy) is 1. The molecule has 0 aliphatic rings. The minimum absolute atomic E-state index is 0.0274. The Labute approximate surface area is 98.5 Å². The molecule has 0 saturated carbocycles. The van der Waals surface area contributed by atoms with Crippen molar-refractivity contribution >= 4 is 11.7 Å². The quantitative estimate of drug-likeness (QED) is 0.478. The zero-order valence-corrected chi connectivity index (χ0v) is 9.67. The summed E-state index contributed by atoms with van der Waals surface area (Å²) in [6.45, 7) is 1.64. The monoisotopic (exact) mass is 238 g/mol. The number of benzene rings is 1. The fourth-order valence-corrected chi connectivity index (χ4v) is 1.56. The molecule has 0 amide bonds. The fourth-order valence-electron chi connectivity index (χ4n) is 1.56.